The van der Waals surface area contributed by atoms with Gasteiger partial charge in [-0.05, 0) is 103 Å². The molecular weight excluding hydrogens is 408 g/mol. The third-order valence-electron chi connectivity index (χ3n) is 13.5. The van der Waals surface area contributed by atoms with Crippen molar-refractivity contribution in [2.24, 2.45) is 56.7 Å². The van der Waals surface area contributed by atoms with E-state index in [1.807, 2.05) is 0 Å². The highest BCUT2D eigenvalue weighted by molar-refractivity contribution is 5.35. The van der Waals surface area contributed by atoms with Crippen LogP contribution in [0.4, 0.5) is 0 Å². The van der Waals surface area contributed by atoms with Crippen LogP contribution in [-0.2, 0) is 0 Å². The van der Waals surface area contributed by atoms with Crippen LogP contribution in [0.1, 0.15) is 99.8 Å². The summed E-state index contributed by atoms with van der Waals surface area (Å²) >= 11 is 0. The molecule has 0 aromatic carbocycles. The Kier molecular flexibility index (Phi) is 5.40. The highest BCUT2D eigenvalue weighted by Gasteiger charge is 2.70. The summed E-state index contributed by atoms with van der Waals surface area (Å²) in [7, 11) is 0. The van der Waals surface area contributed by atoms with Crippen LogP contribution in [0.2, 0.25) is 0 Å². The molecule has 0 aromatic heterocycles. The smallest absolute Gasteiger partial charge is 0.0632 e. The minimum Gasteiger partial charge on any atom is -0.396 e. The lowest BCUT2D eigenvalue weighted by Gasteiger charge is -2.72. The molecule has 3 N–H and O–H groups in total. The molecular formula is C30H50O3. The van der Waals surface area contributed by atoms with Gasteiger partial charge in [0.1, 0.15) is 0 Å². The van der Waals surface area contributed by atoms with Crippen LogP contribution >= 0.6 is 0 Å². The predicted molar refractivity (Wildman–Crippen MR) is 133 cm³/mol. The molecule has 0 spiro atoms. The summed E-state index contributed by atoms with van der Waals surface area (Å²) in [5, 5.41) is 33.3. The molecule has 11 atom stereocenters. The number of rotatable bonds is 1. The normalized spacial score (nSPS) is 57.8. The maximum absolute atomic E-state index is 11.8. The summed E-state index contributed by atoms with van der Waals surface area (Å²) in [5.74, 6) is 2.53. The topological polar surface area (TPSA) is 60.7 Å². The molecule has 3 nitrogen and oxygen atoms in total. The Morgan fingerprint density at radius 2 is 1.58 bits per heavy atom. The fourth-order valence-electron chi connectivity index (χ4n) is 11.0. The summed E-state index contributed by atoms with van der Waals surface area (Å²) in [6, 6.07) is 0. The van der Waals surface area contributed by atoms with Crippen molar-refractivity contribution in [1.82, 2.24) is 0 Å². The summed E-state index contributed by atoms with van der Waals surface area (Å²) in [6.45, 7) is 17.1. The molecule has 0 heterocycles. The van der Waals surface area contributed by atoms with Crippen molar-refractivity contribution in [2.75, 3.05) is 6.61 Å². The third-order valence-corrected chi connectivity index (χ3v) is 13.5. The van der Waals surface area contributed by atoms with E-state index in [0.717, 1.165) is 38.5 Å². The van der Waals surface area contributed by atoms with E-state index in [0.29, 0.717) is 23.7 Å². The average molecular weight is 459 g/mol. The van der Waals surface area contributed by atoms with Crippen molar-refractivity contribution >= 4 is 0 Å². The zero-order valence-corrected chi connectivity index (χ0v) is 22.3. The van der Waals surface area contributed by atoms with E-state index in [1.165, 1.54) is 12.8 Å². The summed E-state index contributed by atoms with van der Waals surface area (Å²) in [4.78, 5) is 0. The number of fused-ring (bicyclic) bond motifs is 7. The first-order valence-electron chi connectivity index (χ1n) is 14.0. The fraction of sp³-hybridized carbons (Fsp3) is 0.933. The molecule has 188 valence electrons. The van der Waals surface area contributed by atoms with Gasteiger partial charge in [-0.25, -0.2) is 0 Å². The van der Waals surface area contributed by atoms with Crippen LogP contribution in [0.3, 0.4) is 0 Å². The van der Waals surface area contributed by atoms with Crippen molar-refractivity contribution in [3.63, 3.8) is 0 Å². The first-order valence-corrected chi connectivity index (χ1v) is 14.0. The quantitative estimate of drug-likeness (QED) is 0.424. The maximum atomic E-state index is 11.8. The maximum Gasteiger partial charge on any atom is 0.0632 e. The van der Waals surface area contributed by atoms with Gasteiger partial charge in [0, 0.05) is 5.41 Å². The molecule has 0 amide bonds. The average Bonchev–Trinajstić information content (AvgIpc) is 2.74. The Bertz CT molecular complexity index is 832. The van der Waals surface area contributed by atoms with E-state index in [9.17, 15) is 15.3 Å². The van der Waals surface area contributed by atoms with Gasteiger partial charge in [-0.2, -0.15) is 0 Å². The van der Waals surface area contributed by atoms with E-state index in [4.69, 9.17) is 0 Å². The fourth-order valence-corrected chi connectivity index (χ4v) is 11.0. The molecule has 33 heavy (non-hydrogen) atoms. The van der Waals surface area contributed by atoms with E-state index in [-0.39, 0.29) is 45.7 Å². The Morgan fingerprint density at radius 1 is 0.879 bits per heavy atom. The van der Waals surface area contributed by atoms with Crippen molar-refractivity contribution in [2.45, 2.75) is 112 Å². The summed E-state index contributed by atoms with van der Waals surface area (Å²) in [6.07, 6.45) is 10.3. The second-order valence-corrected chi connectivity index (χ2v) is 14.6. The van der Waals surface area contributed by atoms with Crippen molar-refractivity contribution in [1.29, 1.82) is 0 Å². The van der Waals surface area contributed by atoms with Crippen LogP contribution in [0, 0.1) is 56.7 Å². The number of hydrogen-bond donors (Lipinski definition) is 3. The van der Waals surface area contributed by atoms with Crippen molar-refractivity contribution < 1.29 is 15.3 Å². The Balaban J connectivity index is 1.62. The van der Waals surface area contributed by atoms with E-state index in [1.54, 1.807) is 5.57 Å². The molecule has 0 saturated heterocycles. The minimum atomic E-state index is -0.435. The highest BCUT2D eigenvalue weighted by atomic mass is 16.3. The van der Waals surface area contributed by atoms with Gasteiger partial charge in [0.15, 0.2) is 0 Å². The van der Waals surface area contributed by atoms with Crippen molar-refractivity contribution in [3.05, 3.63) is 11.6 Å². The summed E-state index contributed by atoms with van der Waals surface area (Å²) < 4.78 is 0. The molecule has 0 aromatic rings. The molecule has 0 aliphatic heterocycles. The Labute approximate surface area is 202 Å². The Hall–Kier alpha value is -0.380. The van der Waals surface area contributed by atoms with Crippen LogP contribution < -0.4 is 0 Å². The van der Waals surface area contributed by atoms with Gasteiger partial charge < -0.3 is 15.3 Å². The number of allylic oxidation sites excluding steroid dienone is 2. The van der Waals surface area contributed by atoms with Gasteiger partial charge >= 0.3 is 0 Å². The molecule has 5 aliphatic carbocycles. The lowest BCUT2D eigenvalue weighted by molar-refractivity contribution is -0.220. The van der Waals surface area contributed by atoms with Crippen LogP contribution in [0.5, 0.6) is 0 Å². The lowest BCUT2D eigenvalue weighted by Crippen LogP contribution is -2.67. The molecule has 4 saturated carbocycles. The second kappa shape index (κ2) is 7.32. The lowest BCUT2D eigenvalue weighted by atomic mass is 9.33. The van der Waals surface area contributed by atoms with E-state index in [2.05, 4.69) is 54.5 Å². The summed E-state index contributed by atoms with van der Waals surface area (Å²) in [5.41, 5.74) is 1.52. The largest absolute Gasteiger partial charge is 0.396 e. The van der Waals surface area contributed by atoms with Gasteiger partial charge in [-0.1, -0.05) is 60.1 Å². The first-order chi connectivity index (χ1) is 15.3. The number of hydrogen-bond acceptors (Lipinski definition) is 3. The van der Waals surface area contributed by atoms with E-state index < -0.39 is 6.10 Å². The van der Waals surface area contributed by atoms with Gasteiger partial charge in [0.2, 0.25) is 0 Å². The molecule has 0 bridgehead atoms. The minimum absolute atomic E-state index is 0.0296. The molecule has 0 unspecified atom stereocenters. The second-order valence-electron chi connectivity index (χ2n) is 14.6. The molecule has 5 aliphatic rings. The van der Waals surface area contributed by atoms with Gasteiger partial charge in [0.05, 0.1) is 18.8 Å². The van der Waals surface area contributed by atoms with Crippen LogP contribution in [0.15, 0.2) is 11.6 Å². The highest BCUT2D eigenvalue weighted by Crippen LogP contribution is 2.75. The van der Waals surface area contributed by atoms with Gasteiger partial charge in [0.25, 0.3) is 0 Å². The SMILES string of the molecule is C[C@H]1[C@H](C)CC[C@@]2(CO)[C@@H]1C1=CC[C@@H]3[C@@]4(C)CC[C@H](O)C(C)(C)[C@@H]4CC[C@@]3(C)[C@]1(C)C[C@@H]2O. The number of aliphatic hydroxyl groups is 3. The Morgan fingerprint density at radius 3 is 2.24 bits per heavy atom. The van der Waals surface area contributed by atoms with Crippen molar-refractivity contribution in [3.8, 4) is 0 Å². The van der Waals surface area contributed by atoms with E-state index >= 15 is 0 Å². The molecule has 0 radical (unpaired) electrons. The van der Waals surface area contributed by atoms with Gasteiger partial charge in [-0.3, -0.25) is 0 Å². The molecule has 3 heteroatoms. The van der Waals surface area contributed by atoms with Crippen LogP contribution in [0.25, 0.3) is 0 Å². The standard InChI is InChI=1S/C30H50O3/c1-18-10-15-30(17-31)24(33)16-29(7)20(25(30)19(18)2)8-9-22-27(5)13-12-23(32)26(3,4)21(27)11-14-28(22,29)6/h8,18-19,21-25,31-33H,9-17H2,1-7H3/t18-,19+,21+,22-,23+,24+,25+,27+,28-,29-,30+/m1/s1. The number of aliphatic hydroxyl groups excluding tert-OH is 3. The van der Waals surface area contributed by atoms with Gasteiger partial charge in [-0.15, -0.1) is 0 Å². The molecule has 5 rings (SSSR count). The zero-order valence-electron chi connectivity index (χ0n) is 22.3. The predicted octanol–water partition coefficient (Wildman–Crippen LogP) is 5.97. The zero-order chi connectivity index (χ0) is 24.2. The van der Waals surface area contributed by atoms with Crippen LogP contribution in [-0.4, -0.2) is 34.1 Å². The third kappa shape index (κ3) is 2.80. The monoisotopic (exact) mass is 458 g/mol. The molecule has 4 fully saturated rings. The first kappa shape index (κ1) is 24.3.